The molecule has 0 aromatic heterocycles. The quantitative estimate of drug-likeness (QED) is 0.717. The maximum absolute atomic E-state index is 12.9. The summed E-state index contributed by atoms with van der Waals surface area (Å²) in [4.78, 5) is 27.4. The van der Waals surface area contributed by atoms with Gasteiger partial charge in [0, 0.05) is 16.6 Å². The highest BCUT2D eigenvalue weighted by Gasteiger charge is 2.35. The molecular weight excluding hydrogens is 336 g/mol. The number of hydrogen-bond donors (Lipinski definition) is 1. The van der Waals surface area contributed by atoms with Crippen LogP contribution in [0.1, 0.15) is 42.6 Å². The van der Waals surface area contributed by atoms with E-state index in [0.717, 1.165) is 22.1 Å². The van der Waals surface area contributed by atoms with E-state index in [-0.39, 0.29) is 11.8 Å². The Balaban J connectivity index is 1.60. The van der Waals surface area contributed by atoms with Gasteiger partial charge in [0.15, 0.2) is 0 Å². The molecule has 27 heavy (non-hydrogen) atoms. The number of hydrogen-bond acceptors (Lipinski definition) is 2. The standard InChI is InChI=1S/C23H22N2O2/c1-14(2)16-10-12-18(13-11-16)24-22(26)15(3)25-20-9-5-7-17-6-4-8-19(21(17)20)23(25)27/h4-15H,1-3H3,(H,24,26)/t15-/m0/s1. The van der Waals surface area contributed by atoms with Crippen LogP contribution in [0.2, 0.25) is 0 Å². The SMILES string of the molecule is CC(C)c1ccc(NC(=O)[C@H](C)N2C(=O)c3cccc4cccc2c34)cc1. The fourth-order valence-corrected chi connectivity index (χ4v) is 3.64. The predicted molar refractivity (Wildman–Crippen MR) is 109 cm³/mol. The number of benzene rings is 3. The van der Waals surface area contributed by atoms with Gasteiger partial charge in [0.1, 0.15) is 6.04 Å². The molecule has 0 bridgehead atoms. The molecule has 136 valence electrons. The second-order valence-corrected chi connectivity index (χ2v) is 7.30. The summed E-state index contributed by atoms with van der Waals surface area (Å²) in [5, 5.41) is 4.87. The minimum Gasteiger partial charge on any atom is -0.324 e. The zero-order valence-electron chi connectivity index (χ0n) is 15.7. The van der Waals surface area contributed by atoms with E-state index in [9.17, 15) is 9.59 Å². The summed E-state index contributed by atoms with van der Waals surface area (Å²) in [5.41, 5.74) is 3.41. The fourth-order valence-electron chi connectivity index (χ4n) is 3.64. The minimum absolute atomic E-state index is 0.125. The second-order valence-electron chi connectivity index (χ2n) is 7.30. The van der Waals surface area contributed by atoms with Crippen LogP contribution < -0.4 is 10.2 Å². The molecule has 0 aliphatic carbocycles. The first kappa shape index (κ1) is 17.3. The van der Waals surface area contributed by atoms with Crippen LogP contribution in [-0.4, -0.2) is 17.9 Å². The maximum Gasteiger partial charge on any atom is 0.259 e. The average molecular weight is 358 g/mol. The van der Waals surface area contributed by atoms with Crippen molar-refractivity contribution in [2.75, 3.05) is 10.2 Å². The van der Waals surface area contributed by atoms with E-state index < -0.39 is 6.04 Å². The van der Waals surface area contributed by atoms with E-state index in [4.69, 9.17) is 0 Å². The van der Waals surface area contributed by atoms with Crippen LogP contribution in [-0.2, 0) is 4.79 Å². The molecule has 4 rings (SSSR count). The van der Waals surface area contributed by atoms with Crippen LogP contribution in [0, 0.1) is 0 Å². The van der Waals surface area contributed by atoms with Gasteiger partial charge in [-0.15, -0.1) is 0 Å². The lowest BCUT2D eigenvalue weighted by Crippen LogP contribution is -2.44. The van der Waals surface area contributed by atoms with Crippen LogP contribution in [0.4, 0.5) is 11.4 Å². The largest absolute Gasteiger partial charge is 0.324 e. The molecule has 1 aliphatic rings. The van der Waals surface area contributed by atoms with Gasteiger partial charge >= 0.3 is 0 Å². The van der Waals surface area contributed by atoms with E-state index in [1.54, 1.807) is 11.8 Å². The molecule has 1 heterocycles. The molecule has 1 aliphatic heterocycles. The highest BCUT2D eigenvalue weighted by molar-refractivity contribution is 6.26. The molecule has 2 amide bonds. The van der Waals surface area contributed by atoms with Crippen LogP contribution in [0.3, 0.4) is 0 Å². The summed E-state index contributed by atoms with van der Waals surface area (Å²) >= 11 is 0. The van der Waals surface area contributed by atoms with Crippen molar-refractivity contribution in [2.24, 2.45) is 0 Å². The second kappa shape index (κ2) is 6.54. The molecule has 3 aromatic rings. The Labute approximate surface area is 158 Å². The summed E-state index contributed by atoms with van der Waals surface area (Å²) in [7, 11) is 0. The highest BCUT2D eigenvalue weighted by Crippen LogP contribution is 2.38. The minimum atomic E-state index is -0.611. The van der Waals surface area contributed by atoms with Crippen LogP contribution in [0.25, 0.3) is 10.8 Å². The number of nitrogens with one attached hydrogen (secondary N) is 1. The van der Waals surface area contributed by atoms with E-state index in [1.165, 1.54) is 5.56 Å². The number of nitrogens with zero attached hydrogens (tertiary/aromatic N) is 1. The van der Waals surface area contributed by atoms with Gasteiger partial charge in [-0.25, -0.2) is 0 Å². The lowest BCUT2D eigenvalue weighted by Gasteiger charge is -2.25. The van der Waals surface area contributed by atoms with E-state index >= 15 is 0 Å². The van der Waals surface area contributed by atoms with Gasteiger partial charge in [-0.3, -0.25) is 14.5 Å². The number of rotatable bonds is 4. The molecular formula is C23H22N2O2. The predicted octanol–water partition coefficient (Wildman–Crippen LogP) is 4.95. The van der Waals surface area contributed by atoms with Crippen molar-refractivity contribution in [2.45, 2.75) is 32.7 Å². The monoisotopic (exact) mass is 358 g/mol. The Bertz CT molecular complexity index is 1030. The molecule has 4 heteroatoms. The summed E-state index contributed by atoms with van der Waals surface area (Å²) in [6.45, 7) is 6.03. The van der Waals surface area contributed by atoms with Gasteiger partial charge in [0.05, 0.1) is 5.69 Å². The molecule has 4 nitrogen and oxygen atoms in total. The zero-order valence-corrected chi connectivity index (χ0v) is 15.7. The highest BCUT2D eigenvalue weighted by atomic mass is 16.2. The van der Waals surface area contributed by atoms with Gasteiger partial charge < -0.3 is 5.32 Å². The number of carbonyl (C=O) groups excluding carboxylic acids is 2. The van der Waals surface area contributed by atoms with Crippen molar-refractivity contribution >= 4 is 34.0 Å². The molecule has 0 saturated carbocycles. The summed E-state index contributed by atoms with van der Waals surface area (Å²) in [6, 6.07) is 18.7. The van der Waals surface area contributed by atoms with E-state index in [2.05, 4.69) is 19.2 Å². The third-order valence-corrected chi connectivity index (χ3v) is 5.20. The lowest BCUT2D eigenvalue weighted by atomic mass is 10.0. The first-order valence-electron chi connectivity index (χ1n) is 9.23. The van der Waals surface area contributed by atoms with Gasteiger partial charge in [-0.05, 0) is 48.1 Å². The molecule has 0 radical (unpaired) electrons. The fraction of sp³-hybridized carbons (Fsp3) is 0.217. The first-order valence-corrected chi connectivity index (χ1v) is 9.23. The number of carbonyl (C=O) groups is 2. The molecule has 0 saturated heterocycles. The van der Waals surface area contributed by atoms with Crippen molar-refractivity contribution in [3.8, 4) is 0 Å². The van der Waals surface area contributed by atoms with Crippen molar-refractivity contribution in [1.29, 1.82) is 0 Å². The van der Waals surface area contributed by atoms with Gasteiger partial charge in [0.2, 0.25) is 5.91 Å². The summed E-state index contributed by atoms with van der Waals surface area (Å²) in [6.07, 6.45) is 0. The third kappa shape index (κ3) is 2.87. The van der Waals surface area contributed by atoms with Gasteiger partial charge in [-0.1, -0.05) is 50.2 Å². The van der Waals surface area contributed by atoms with Crippen molar-refractivity contribution < 1.29 is 9.59 Å². The molecule has 0 spiro atoms. The Kier molecular flexibility index (Phi) is 4.19. The van der Waals surface area contributed by atoms with Crippen LogP contribution >= 0.6 is 0 Å². The topological polar surface area (TPSA) is 49.4 Å². The van der Waals surface area contributed by atoms with Crippen molar-refractivity contribution in [1.82, 2.24) is 0 Å². The Morgan fingerprint density at radius 1 is 0.926 bits per heavy atom. The summed E-state index contributed by atoms with van der Waals surface area (Å²) < 4.78 is 0. The van der Waals surface area contributed by atoms with E-state index in [0.29, 0.717) is 11.5 Å². The van der Waals surface area contributed by atoms with E-state index in [1.807, 2.05) is 60.7 Å². The smallest absolute Gasteiger partial charge is 0.259 e. The molecule has 0 fully saturated rings. The van der Waals surface area contributed by atoms with Crippen molar-refractivity contribution in [3.05, 3.63) is 71.8 Å². The molecule has 1 atom stereocenters. The van der Waals surface area contributed by atoms with Crippen LogP contribution in [0.15, 0.2) is 60.7 Å². The first-order chi connectivity index (χ1) is 13.0. The normalized spacial score (nSPS) is 14.1. The Hall–Kier alpha value is -3.14. The average Bonchev–Trinajstić information content (AvgIpc) is 2.96. The Morgan fingerprint density at radius 3 is 2.26 bits per heavy atom. The maximum atomic E-state index is 12.9. The zero-order chi connectivity index (χ0) is 19.1. The lowest BCUT2D eigenvalue weighted by molar-refractivity contribution is -0.117. The molecule has 3 aromatic carbocycles. The molecule has 0 unspecified atom stereocenters. The van der Waals surface area contributed by atoms with Gasteiger partial charge in [0.25, 0.3) is 5.91 Å². The van der Waals surface area contributed by atoms with Crippen LogP contribution in [0.5, 0.6) is 0 Å². The number of amides is 2. The molecule has 1 N–H and O–H groups in total. The third-order valence-electron chi connectivity index (χ3n) is 5.20. The summed E-state index contributed by atoms with van der Waals surface area (Å²) in [5.74, 6) is 0.111. The van der Waals surface area contributed by atoms with Crippen molar-refractivity contribution in [3.63, 3.8) is 0 Å². The Morgan fingerprint density at radius 2 is 1.59 bits per heavy atom. The van der Waals surface area contributed by atoms with Gasteiger partial charge in [-0.2, -0.15) is 0 Å². The number of anilines is 2.